The Labute approximate surface area is 134 Å². The fourth-order valence-corrected chi connectivity index (χ4v) is 2.55. The van der Waals surface area contributed by atoms with Crippen molar-refractivity contribution in [3.63, 3.8) is 0 Å². The standard InChI is InChI=1S/C16H22BrN3O/c1-11(2)20-10-19-8-14(20)9-21-16-7-13(17)5-6-15(16)12(3)18-4/h5-8,10-12,18H,9H2,1-4H3. The van der Waals surface area contributed by atoms with Gasteiger partial charge in [-0.05, 0) is 40.0 Å². The summed E-state index contributed by atoms with van der Waals surface area (Å²) < 4.78 is 9.19. The van der Waals surface area contributed by atoms with Gasteiger partial charge in [-0.15, -0.1) is 0 Å². The van der Waals surface area contributed by atoms with Crippen LogP contribution in [0.5, 0.6) is 5.75 Å². The second kappa shape index (κ2) is 7.09. The van der Waals surface area contributed by atoms with Crippen LogP contribution in [0.4, 0.5) is 0 Å². The minimum atomic E-state index is 0.239. The van der Waals surface area contributed by atoms with Crippen LogP contribution in [0.25, 0.3) is 0 Å². The molecule has 2 aromatic rings. The molecule has 1 aromatic heterocycles. The third-order valence-corrected chi connectivity index (χ3v) is 4.05. The number of benzene rings is 1. The van der Waals surface area contributed by atoms with Gasteiger partial charge in [0, 0.05) is 22.1 Å². The summed E-state index contributed by atoms with van der Waals surface area (Å²) in [5.41, 5.74) is 2.23. The first-order valence-corrected chi connectivity index (χ1v) is 7.92. The zero-order valence-electron chi connectivity index (χ0n) is 12.9. The fraction of sp³-hybridized carbons (Fsp3) is 0.438. The average molecular weight is 352 g/mol. The van der Waals surface area contributed by atoms with Crippen molar-refractivity contribution >= 4 is 15.9 Å². The predicted molar refractivity (Wildman–Crippen MR) is 88.6 cm³/mol. The highest BCUT2D eigenvalue weighted by atomic mass is 79.9. The Hall–Kier alpha value is -1.33. The van der Waals surface area contributed by atoms with E-state index in [0.29, 0.717) is 12.6 Å². The summed E-state index contributed by atoms with van der Waals surface area (Å²) in [4.78, 5) is 4.21. The zero-order chi connectivity index (χ0) is 15.4. The minimum Gasteiger partial charge on any atom is -0.487 e. The van der Waals surface area contributed by atoms with Gasteiger partial charge in [-0.1, -0.05) is 22.0 Å². The van der Waals surface area contributed by atoms with Gasteiger partial charge in [0.2, 0.25) is 0 Å². The van der Waals surface area contributed by atoms with Gasteiger partial charge in [-0.25, -0.2) is 4.98 Å². The number of hydrogen-bond donors (Lipinski definition) is 1. The van der Waals surface area contributed by atoms with Crippen molar-refractivity contribution in [3.8, 4) is 5.75 Å². The normalized spacial score (nSPS) is 12.7. The quantitative estimate of drug-likeness (QED) is 0.851. The molecular formula is C16H22BrN3O. The monoisotopic (exact) mass is 351 g/mol. The molecule has 0 spiro atoms. The van der Waals surface area contributed by atoms with E-state index in [1.54, 1.807) is 0 Å². The van der Waals surface area contributed by atoms with E-state index in [-0.39, 0.29) is 6.04 Å². The smallest absolute Gasteiger partial charge is 0.130 e. The summed E-state index contributed by atoms with van der Waals surface area (Å²) in [5.74, 6) is 0.891. The lowest BCUT2D eigenvalue weighted by Gasteiger charge is -2.18. The molecule has 0 saturated heterocycles. The van der Waals surface area contributed by atoms with Crippen LogP contribution < -0.4 is 10.1 Å². The largest absolute Gasteiger partial charge is 0.487 e. The number of nitrogens with one attached hydrogen (secondary N) is 1. The van der Waals surface area contributed by atoms with Crippen LogP contribution in [-0.2, 0) is 6.61 Å². The van der Waals surface area contributed by atoms with Crippen molar-refractivity contribution in [3.05, 3.63) is 46.5 Å². The molecule has 0 fully saturated rings. The highest BCUT2D eigenvalue weighted by Crippen LogP contribution is 2.29. The molecule has 0 radical (unpaired) electrons. The predicted octanol–water partition coefficient (Wildman–Crippen LogP) is 4.09. The van der Waals surface area contributed by atoms with Crippen LogP contribution in [-0.4, -0.2) is 16.6 Å². The molecule has 1 N–H and O–H groups in total. The number of halogens is 1. The van der Waals surface area contributed by atoms with Gasteiger partial charge in [-0.3, -0.25) is 0 Å². The van der Waals surface area contributed by atoms with Gasteiger partial charge in [0.15, 0.2) is 0 Å². The summed E-state index contributed by atoms with van der Waals surface area (Å²) in [6, 6.07) is 6.75. The van der Waals surface area contributed by atoms with Crippen molar-refractivity contribution in [2.45, 2.75) is 39.5 Å². The highest BCUT2D eigenvalue weighted by Gasteiger charge is 2.12. The van der Waals surface area contributed by atoms with E-state index in [2.05, 4.69) is 57.6 Å². The number of imidazole rings is 1. The Morgan fingerprint density at radius 1 is 1.33 bits per heavy atom. The maximum absolute atomic E-state index is 6.05. The van der Waals surface area contributed by atoms with E-state index < -0.39 is 0 Å². The molecule has 0 saturated carbocycles. The second-order valence-electron chi connectivity index (χ2n) is 5.37. The molecule has 114 valence electrons. The lowest BCUT2D eigenvalue weighted by atomic mass is 10.1. The van der Waals surface area contributed by atoms with Gasteiger partial charge in [0.25, 0.3) is 0 Å². The summed E-state index contributed by atoms with van der Waals surface area (Å²) in [5, 5.41) is 3.25. The van der Waals surface area contributed by atoms with Crippen LogP contribution in [0.3, 0.4) is 0 Å². The van der Waals surface area contributed by atoms with Gasteiger partial charge in [0.05, 0.1) is 18.2 Å². The van der Waals surface area contributed by atoms with E-state index in [1.165, 1.54) is 0 Å². The average Bonchev–Trinajstić information content (AvgIpc) is 2.93. The Morgan fingerprint density at radius 2 is 2.10 bits per heavy atom. The molecule has 0 aliphatic carbocycles. The lowest BCUT2D eigenvalue weighted by Crippen LogP contribution is -2.14. The highest BCUT2D eigenvalue weighted by molar-refractivity contribution is 9.10. The Kier molecular flexibility index (Phi) is 5.42. The van der Waals surface area contributed by atoms with E-state index >= 15 is 0 Å². The van der Waals surface area contributed by atoms with Crippen molar-refractivity contribution < 1.29 is 4.74 Å². The van der Waals surface area contributed by atoms with Crippen LogP contribution in [0.1, 0.15) is 44.1 Å². The maximum Gasteiger partial charge on any atom is 0.130 e. The molecule has 2 rings (SSSR count). The molecule has 1 heterocycles. The topological polar surface area (TPSA) is 39.1 Å². The van der Waals surface area contributed by atoms with Gasteiger partial charge in [-0.2, -0.15) is 0 Å². The van der Waals surface area contributed by atoms with Crippen LogP contribution in [0, 0.1) is 0 Å². The summed E-state index contributed by atoms with van der Waals surface area (Å²) in [7, 11) is 1.95. The van der Waals surface area contributed by atoms with Crippen LogP contribution in [0.2, 0.25) is 0 Å². The van der Waals surface area contributed by atoms with E-state index in [4.69, 9.17) is 4.74 Å². The van der Waals surface area contributed by atoms with Crippen molar-refractivity contribution in [1.82, 2.24) is 14.9 Å². The van der Waals surface area contributed by atoms with E-state index in [9.17, 15) is 0 Å². The van der Waals surface area contributed by atoms with Gasteiger partial charge >= 0.3 is 0 Å². The van der Waals surface area contributed by atoms with Crippen molar-refractivity contribution in [2.24, 2.45) is 0 Å². The fourth-order valence-electron chi connectivity index (χ4n) is 2.21. The van der Waals surface area contributed by atoms with Crippen LogP contribution >= 0.6 is 15.9 Å². The first kappa shape index (κ1) is 16.0. The molecule has 4 nitrogen and oxygen atoms in total. The molecule has 0 aliphatic rings. The third kappa shape index (κ3) is 3.86. The second-order valence-corrected chi connectivity index (χ2v) is 6.28. The van der Waals surface area contributed by atoms with Crippen molar-refractivity contribution in [2.75, 3.05) is 7.05 Å². The summed E-state index contributed by atoms with van der Waals surface area (Å²) >= 11 is 3.51. The number of rotatable bonds is 6. The Morgan fingerprint density at radius 3 is 2.76 bits per heavy atom. The molecule has 5 heteroatoms. The van der Waals surface area contributed by atoms with E-state index in [1.807, 2.05) is 31.7 Å². The molecule has 21 heavy (non-hydrogen) atoms. The lowest BCUT2D eigenvalue weighted by molar-refractivity contribution is 0.286. The summed E-state index contributed by atoms with van der Waals surface area (Å²) in [6.45, 7) is 6.91. The molecular weight excluding hydrogens is 330 g/mol. The molecule has 1 aromatic carbocycles. The van der Waals surface area contributed by atoms with Crippen LogP contribution in [0.15, 0.2) is 35.2 Å². The number of hydrogen-bond acceptors (Lipinski definition) is 3. The van der Waals surface area contributed by atoms with Gasteiger partial charge < -0.3 is 14.6 Å². The Bertz CT molecular complexity index is 595. The van der Waals surface area contributed by atoms with Gasteiger partial charge in [0.1, 0.15) is 12.4 Å². The molecule has 1 atom stereocenters. The molecule has 1 unspecified atom stereocenters. The number of ether oxygens (including phenoxy) is 1. The SMILES string of the molecule is CNC(C)c1ccc(Br)cc1OCc1cncn1C(C)C. The minimum absolute atomic E-state index is 0.239. The molecule has 0 amide bonds. The van der Waals surface area contributed by atoms with E-state index in [0.717, 1.165) is 21.5 Å². The van der Waals surface area contributed by atoms with Crippen molar-refractivity contribution in [1.29, 1.82) is 0 Å². The number of aromatic nitrogens is 2. The Balaban J connectivity index is 2.19. The summed E-state index contributed by atoms with van der Waals surface area (Å²) in [6.07, 6.45) is 3.71. The maximum atomic E-state index is 6.05. The number of nitrogens with zero attached hydrogens (tertiary/aromatic N) is 2. The molecule has 0 aliphatic heterocycles. The first-order chi connectivity index (χ1) is 10.0. The third-order valence-electron chi connectivity index (χ3n) is 3.55. The first-order valence-electron chi connectivity index (χ1n) is 7.13. The zero-order valence-corrected chi connectivity index (χ0v) is 14.5. The molecule has 0 bridgehead atoms.